The van der Waals surface area contributed by atoms with Gasteiger partial charge < -0.3 is 0 Å². The van der Waals surface area contributed by atoms with Gasteiger partial charge in [0, 0.05) is 30.0 Å². The van der Waals surface area contributed by atoms with Crippen LogP contribution in [0.1, 0.15) is 18.9 Å². The van der Waals surface area contributed by atoms with E-state index in [1.165, 1.54) is 4.31 Å². The Labute approximate surface area is 92.4 Å². The van der Waals surface area contributed by atoms with E-state index in [2.05, 4.69) is 10.3 Å². The molecule has 0 unspecified atom stereocenters. The Morgan fingerprint density at radius 1 is 1.33 bits per heavy atom. The van der Waals surface area contributed by atoms with Crippen LogP contribution in [0.4, 0.5) is 0 Å². The first-order valence-electron chi connectivity index (χ1n) is 4.63. The summed E-state index contributed by atoms with van der Waals surface area (Å²) >= 11 is 0. The summed E-state index contributed by atoms with van der Waals surface area (Å²) in [6, 6.07) is 0.224. The van der Waals surface area contributed by atoms with Gasteiger partial charge in [-0.1, -0.05) is 5.21 Å². The van der Waals surface area contributed by atoms with Gasteiger partial charge in [0.05, 0.1) is 12.2 Å². The van der Waals surface area contributed by atoms with E-state index in [0.29, 0.717) is 13.1 Å². The fourth-order valence-electron chi connectivity index (χ4n) is 1.74. The Balaban J connectivity index is 1.99. The van der Waals surface area contributed by atoms with E-state index >= 15 is 0 Å². The van der Waals surface area contributed by atoms with Crippen molar-refractivity contribution in [2.24, 2.45) is 0 Å². The Morgan fingerprint density at radius 2 is 2.00 bits per heavy atom. The van der Waals surface area contributed by atoms with E-state index in [1.54, 1.807) is 17.1 Å². The standard InChI is InChI=1S/C7H11ClN4O2S/c8-15(13,14)11-4-1-7(2-5-11)12-6-3-9-10-12/h3,6-7H,1-2,4-5H2. The second kappa shape index (κ2) is 4.07. The Morgan fingerprint density at radius 3 is 2.47 bits per heavy atom. The van der Waals surface area contributed by atoms with Gasteiger partial charge in [-0.3, -0.25) is 0 Å². The van der Waals surface area contributed by atoms with Crippen molar-refractivity contribution in [1.82, 2.24) is 19.3 Å². The second-order valence-electron chi connectivity index (χ2n) is 3.46. The number of rotatable bonds is 2. The lowest BCUT2D eigenvalue weighted by molar-refractivity contribution is 0.261. The molecule has 0 atom stereocenters. The van der Waals surface area contributed by atoms with Gasteiger partial charge in [0.1, 0.15) is 0 Å². The fraction of sp³-hybridized carbons (Fsp3) is 0.714. The summed E-state index contributed by atoms with van der Waals surface area (Å²) in [6.45, 7) is 0.882. The number of piperidine rings is 1. The molecule has 2 heterocycles. The summed E-state index contributed by atoms with van der Waals surface area (Å²) in [6.07, 6.45) is 4.84. The smallest absolute Gasteiger partial charge is 0.249 e. The summed E-state index contributed by atoms with van der Waals surface area (Å²) in [5, 5.41) is 7.61. The van der Waals surface area contributed by atoms with Crippen molar-refractivity contribution in [1.29, 1.82) is 0 Å². The van der Waals surface area contributed by atoms with Crippen LogP contribution in [-0.2, 0) is 9.24 Å². The molecule has 0 N–H and O–H groups in total. The van der Waals surface area contributed by atoms with Gasteiger partial charge in [-0.05, 0) is 12.8 Å². The van der Waals surface area contributed by atoms with Crippen molar-refractivity contribution in [3.05, 3.63) is 12.4 Å². The Bertz CT molecular complexity index is 410. The van der Waals surface area contributed by atoms with Crippen LogP contribution in [0.15, 0.2) is 12.4 Å². The summed E-state index contributed by atoms with van der Waals surface area (Å²) < 4.78 is 25.1. The summed E-state index contributed by atoms with van der Waals surface area (Å²) in [5.74, 6) is 0. The minimum Gasteiger partial charge on any atom is -0.249 e. The average Bonchev–Trinajstić information content (AvgIpc) is 2.69. The number of halogens is 1. The highest BCUT2D eigenvalue weighted by Gasteiger charge is 2.27. The zero-order valence-electron chi connectivity index (χ0n) is 7.95. The molecule has 1 fully saturated rings. The molecule has 0 saturated carbocycles. The normalized spacial score (nSPS) is 20.6. The highest BCUT2D eigenvalue weighted by molar-refractivity contribution is 8.11. The fourth-order valence-corrected chi connectivity index (χ4v) is 2.80. The van der Waals surface area contributed by atoms with Gasteiger partial charge in [-0.15, -0.1) is 5.10 Å². The van der Waals surface area contributed by atoms with Crippen LogP contribution in [0.3, 0.4) is 0 Å². The molecule has 84 valence electrons. The number of hydrogen-bond donors (Lipinski definition) is 0. The third kappa shape index (κ3) is 2.47. The van der Waals surface area contributed by atoms with Gasteiger partial charge in [-0.2, -0.15) is 12.7 Å². The van der Waals surface area contributed by atoms with Crippen LogP contribution in [0.25, 0.3) is 0 Å². The molecule has 0 amide bonds. The van der Waals surface area contributed by atoms with Crippen molar-refractivity contribution in [3.63, 3.8) is 0 Å². The van der Waals surface area contributed by atoms with E-state index < -0.39 is 9.24 Å². The first kappa shape index (κ1) is 10.8. The highest BCUT2D eigenvalue weighted by Crippen LogP contribution is 2.23. The number of hydrogen-bond acceptors (Lipinski definition) is 4. The summed E-state index contributed by atoms with van der Waals surface area (Å²) in [5.41, 5.74) is 0. The minimum atomic E-state index is -3.56. The molecule has 1 saturated heterocycles. The average molecular weight is 251 g/mol. The molecule has 0 bridgehead atoms. The van der Waals surface area contributed by atoms with E-state index in [-0.39, 0.29) is 6.04 Å². The topological polar surface area (TPSA) is 68.1 Å². The van der Waals surface area contributed by atoms with Gasteiger partial charge in [0.25, 0.3) is 9.24 Å². The molecule has 1 aromatic rings. The van der Waals surface area contributed by atoms with Gasteiger partial charge in [-0.25, -0.2) is 4.68 Å². The van der Waals surface area contributed by atoms with E-state index in [1.807, 2.05) is 0 Å². The molecule has 1 aliphatic heterocycles. The first-order valence-corrected chi connectivity index (χ1v) is 6.89. The van der Waals surface area contributed by atoms with Crippen molar-refractivity contribution in [3.8, 4) is 0 Å². The maximum absolute atomic E-state index is 11.0. The van der Waals surface area contributed by atoms with Crippen molar-refractivity contribution < 1.29 is 8.42 Å². The molecule has 0 aliphatic carbocycles. The third-order valence-corrected chi connectivity index (χ3v) is 4.11. The molecular formula is C7H11ClN4O2S. The number of aromatic nitrogens is 3. The van der Waals surface area contributed by atoms with Crippen LogP contribution in [0, 0.1) is 0 Å². The van der Waals surface area contributed by atoms with Crippen LogP contribution < -0.4 is 0 Å². The van der Waals surface area contributed by atoms with Crippen molar-refractivity contribution in [2.75, 3.05) is 13.1 Å². The van der Waals surface area contributed by atoms with Crippen LogP contribution >= 0.6 is 10.7 Å². The van der Waals surface area contributed by atoms with Crippen molar-refractivity contribution in [2.45, 2.75) is 18.9 Å². The Hall–Kier alpha value is -0.660. The zero-order chi connectivity index (χ0) is 10.9. The monoisotopic (exact) mass is 250 g/mol. The predicted molar refractivity (Wildman–Crippen MR) is 54.6 cm³/mol. The minimum absolute atomic E-state index is 0.224. The zero-order valence-corrected chi connectivity index (χ0v) is 9.52. The molecule has 1 aliphatic rings. The lowest BCUT2D eigenvalue weighted by Crippen LogP contribution is -2.36. The molecule has 0 aromatic carbocycles. The highest BCUT2D eigenvalue weighted by atomic mass is 35.7. The molecule has 0 radical (unpaired) electrons. The second-order valence-corrected chi connectivity index (χ2v) is 5.97. The third-order valence-electron chi connectivity index (χ3n) is 2.55. The van der Waals surface area contributed by atoms with Gasteiger partial charge in [0.2, 0.25) is 0 Å². The largest absolute Gasteiger partial charge is 0.299 e. The van der Waals surface area contributed by atoms with Gasteiger partial charge in [0.15, 0.2) is 0 Å². The van der Waals surface area contributed by atoms with E-state index in [9.17, 15) is 8.42 Å². The number of nitrogens with zero attached hydrogens (tertiary/aromatic N) is 4. The van der Waals surface area contributed by atoms with Gasteiger partial charge >= 0.3 is 0 Å². The molecule has 8 heteroatoms. The quantitative estimate of drug-likeness (QED) is 0.713. The summed E-state index contributed by atoms with van der Waals surface area (Å²) in [7, 11) is 1.69. The molecule has 2 rings (SSSR count). The molecule has 15 heavy (non-hydrogen) atoms. The Kier molecular flexibility index (Phi) is 2.94. The SMILES string of the molecule is O=S(=O)(Cl)N1CCC(n2ccnn2)CC1. The van der Waals surface area contributed by atoms with E-state index in [0.717, 1.165) is 12.8 Å². The lowest BCUT2D eigenvalue weighted by Gasteiger charge is -2.28. The van der Waals surface area contributed by atoms with Crippen LogP contribution in [0.5, 0.6) is 0 Å². The molecule has 0 spiro atoms. The lowest BCUT2D eigenvalue weighted by atomic mass is 10.1. The summed E-state index contributed by atoms with van der Waals surface area (Å²) in [4.78, 5) is 0. The van der Waals surface area contributed by atoms with Crippen molar-refractivity contribution >= 4 is 19.9 Å². The molecular weight excluding hydrogens is 240 g/mol. The van der Waals surface area contributed by atoms with E-state index in [4.69, 9.17) is 10.7 Å². The maximum atomic E-state index is 11.0. The molecule has 6 nitrogen and oxygen atoms in total. The predicted octanol–water partition coefficient (Wildman–Crippen LogP) is 0.399. The van der Waals surface area contributed by atoms with Crippen LogP contribution in [0.2, 0.25) is 0 Å². The molecule has 1 aromatic heterocycles. The first-order chi connectivity index (χ1) is 7.07. The maximum Gasteiger partial charge on any atom is 0.299 e. The van der Waals surface area contributed by atoms with Crippen LogP contribution in [-0.4, -0.2) is 40.8 Å².